The highest BCUT2D eigenvalue weighted by molar-refractivity contribution is 8.23. The Labute approximate surface area is 146 Å². The van der Waals surface area contributed by atoms with Crippen molar-refractivity contribution in [1.29, 1.82) is 0 Å². The fraction of sp³-hybridized carbons (Fsp3) is 0.500. The van der Waals surface area contributed by atoms with Gasteiger partial charge in [0.2, 0.25) is 11.8 Å². The molecule has 0 saturated carbocycles. The average molecular weight is 371 g/mol. The molecule has 8 nitrogen and oxygen atoms in total. The first-order valence-electron chi connectivity index (χ1n) is 7.33. The van der Waals surface area contributed by atoms with Gasteiger partial charge in [-0.1, -0.05) is 18.7 Å². The Kier molecular flexibility index (Phi) is 4.79. The molecule has 0 bridgehead atoms. The molecule has 0 radical (unpaired) electrons. The molecule has 0 unspecified atom stereocenters. The van der Waals surface area contributed by atoms with E-state index in [1.807, 2.05) is 17.7 Å². The normalized spacial score (nSPS) is 25.3. The molecule has 1 fully saturated rings. The SMILES string of the molecule is C[C@H](Cn1ccnc1)SC1=C(OC(=O)O)N2C(=O)[C@H]([C@H](C)O)[C@H]2S1. The summed E-state index contributed by atoms with van der Waals surface area (Å²) in [5.74, 6) is -0.789. The van der Waals surface area contributed by atoms with Crippen molar-refractivity contribution in [2.75, 3.05) is 0 Å². The largest absolute Gasteiger partial charge is 0.512 e. The fourth-order valence-electron chi connectivity index (χ4n) is 2.69. The number of carbonyl (C=O) groups is 2. The molecular weight excluding hydrogens is 354 g/mol. The van der Waals surface area contributed by atoms with E-state index in [9.17, 15) is 14.7 Å². The minimum atomic E-state index is -1.46. The average Bonchev–Trinajstić information content (AvgIpc) is 3.05. The number of amides is 1. The number of aliphatic hydroxyl groups excluding tert-OH is 1. The molecule has 2 N–H and O–H groups in total. The van der Waals surface area contributed by atoms with Crippen molar-refractivity contribution in [2.24, 2.45) is 5.92 Å². The maximum Gasteiger partial charge on any atom is 0.512 e. The highest BCUT2D eigenvalue weighted by Crippen LogP contribution is 2.54. The minimum Gasteiger partial charge on any atom is -0.449 e. The highest BCUT2D eigenvalue weighted by atomic mass is 32.2. The lowest BCUT2D eigenvalue weighted by Gasteiger charge is -2.43. The van der Waals surface area contributed by atoms with Crippen LogP contribution in [0.3, 0.4) is 0 Å². The van der Waals surface area contributed by atoms with Gasteiger partial charge in [-0.2, -0.15) is 0 Å². The van der Waals surface area contributed by atoms with Crippen LogP contribution in [0, 0.1) is 5.92 Å². The molecule has 3 rings (SSSR count). The van der Waals surface area contributed by atoms with Gasteiger partial charge in [0.15, 0.2) is 0 Å². The second kappa shape index (κ2) is 6.69. The number of ether oxygens (including phenoxy) is 1. The van der Waals surface area contributed by atoms with Crippen LogP contribution >= 0.6 is 23.5 Å². The number of fused-ring (bicyclic) bond motifs is 1. The number of nitrogens with zero attached hydrogens (tertiary/aromatic N) is 3. The van der Waals surface area contributed by atoms with Gasteiger partial charge in [-0.15, -0.1) is 11.8 Å². The van der Waals surface area contributed by atoms with E-state index in [1.54, 1.807) is 19.4 Å². The third-order valence-corrected chi connectivity index (χ3v) is 6.40. The van der Waals surface area contributed by atoms with Crippen molar-refractivity contribution < 1.29 is 24.5 Å². The second-order valence-electron chi connectivity index (χ2n) is 5.63. The number of imidazole rings is 1. The predicted octanol–water partition coefficient (Wildman–Crippen LogP) is 1.74. The predicted molar refractivity (Wildman–Crippen MR) is 88.8 cm³/mol. The van der Waals surface area contributed by atoms with E-state index in [2.05, 4.69) is 4.98 Å². The standard InChI is InChI=1S/C14H17N3O5S2/c1-7(5-16-4-3-15-6-16)23-13-11(22-14(20)21)17-10(19)9(8(2)18)12(17)24-13/h3-4,6-9,12,18H,5H2,1-2H3,(H,20,21)/t7-,8+,9+,12-/m1/s1. The molecule has 3 heterocycles. The molecule has 1 saturated heterocycles. The van der Waals surface area contributed by atoms with Crippen LogP contribution < -0.4 is 0 Å². The van der Waals surface area contributed by atoms with Gasteiger partial charge in [0.25, 0.3) is 0 Å². The van der Waals surface area contributed by atoms with Gasteiger partial charge in [-0.05, 0) is 6.92 Å². The molecule has 0 aliphatic carbocycles. The zero-order valence-corrected chi connectivity index (χ0v) is 14.7. The molecular formula is C14H17N3O5S2. The molecule has 2 aliphatic heterocycles. The summed E-state index contributed by atoms with van der Waals surface area (Å²) < 4.78 is 7.42. The van der Waals surface area contributed by atoms with Gasteiger partial charge in [0.05, 0.1) is 18.3 Å². The van der Waals surface area contributed by atoms with Crippen LogP contribution in [0.2, 0.25) is 0 Å². The zero-order chi connectivity index (χ0) is 17.4. The Hall–Kier alpha value is -1.65. The van der Waals surface area contributed by atoms with Gasteiger partial charge in [-0.25, -0.2) is 9.78 Å². The highest BCUT2D eigenvalue weighted by Gasteiger charge is 2.57. The summed E-state index contributed by atoms with van der Waals surface area (Å²) in [5, 5.41) is 18.5. The topological polar surface area (TPSA) is 105 Å². The third-order valence-electron chi connectivity index (χ3n) is 3.74. The van der Waals surface area contributed by atoms with Crippen molar-refractivity contribution in [3.63, 3.8) is 0 Å². The second-order valence-corrected chi connectivity index (χ2v) is 8.47. The number of carbonyl (C=O) groups excluding carboxylic acids is 1. The van der Waals surface area contributed by atoms with E-state index < -0.39 is 18.2 Å². The first kappa shape index (κ1) is 17.2. The Balaban J connectivity index is 1.75. The molecule has 130 valence electrons. The minimum absolute atomic E-state index is 0.0573. The van der Waals surface area contributed by atoms with Crippen LogP contribution in [-0.2, 0) is 16.1 Å². The van der Waals surface area contributed by atoms with Crippen molar-refractivity contribution in [3.05, 3.63) is 28.8 Å². The molecule has 2 aliphatic rings. The van der Waals surface area contributed by atoms with Gasteiger partial charge >= 0.3 is 6.16 Å². The molecule has 4 atom stereocenters. The van der Waals surface area contributed by atoms with E-state index in [0.717, 1.165) is 0 Å². The summed E-state index contributed by atoms with van der Waals surface area (Å²) in [4.78, 5) is 28.5. The molecule has 1 amide bonds. The van der Waals surface area contributed by atoms with Crippen LogP contribution in [0.4, 0.5) is 4.79 Å². The number of β-lactam (4-membered cyclic amide) rings is 1. The Morgan fingerprint density at radius 2 is 2.29 bits per heavy atom. The van der Waals surface area contributed by atoms with E-state index in [1.165, 1.54) is 28.4 Å². The Bertz CT molecular complexity index is 676. The number of aromatic nitrogens is 2. The van der Waals surface area contributed by atoms with E-state index in [4.69, 9.17) is 9.84 Å². The summed E-state index contributed by atoms with van der Waals surface area (Å²) in [6.07, 6.45) is 3.01. The van der Waals surface area contributed by atoms with Crippen LogP contribution in [0.25, 0.3) is 0 Å². The number of hydrogen-bond donors (Lipinski definition) is 2. The Morgan fingerprint density at radius 3 is 2.88 bits per heavy atom. The molecule has 1 aromatic rings. The first-order valence-corrected chi connectivity index (χ1v) is 9.09. The van der Waals surface area contributed by atoms with E-state index >= 15 is 0 Å². The monoisotopic (exact) mass is 371 g/mol. The van der Waals surface area contributed by atoms with Crippen molar-refractivity contribution in [2.45, 2.75) is 37.1 Å². The van der Waals surface area contributed by atoms with Crippen LogP contribution in [0.15, 0.2) is 28.8 Å². The fourth-order valence-corrected chi connectivity index (χ4v) is 5.81. The quantitative estimate of drug-likeness (QED) is 0.575. The maximum atomic E-state index is 12.2. The summed E-state index contributed by atoms with van der Waals surface area (Å²) in [5.41, 5.74) is 0. The van der Waals surface area contributed by atoms with Crippen LogP contribution in [0.1, 0.15) is 13.8 Å². The number of carboxylic acid groups (broad SMARTS) is 1. The molecule has 24 heavy (non-hydrogen) atoms. The van der Waals surface area contributed by atoms with Crippen molar-refractivity contribution >= 4 is 35.6 Å². The molecule has 1 aromatic heterocycles. The summed E-state index contributed by atoms with van der Waals surface area (Å²) in [6.45, 7) is 4.25. The van der Waals surface area contributed by atoms with E-state index in [0.29, 0.717) is 10.8 Å². The van der Waals surface area contributed by atoms with Crippen molar-refractivity contribution in [3.8, 4) is 0 Å². The molecule has 0 spiro atoms. The number of rotatable bonds is 6. The summed E-state index contributed by atoms with van der Waals surface area (Å²) in [6, 6.07) is 0. The summed E-state index contributed by atoms with van der Waals surface area (Å²) >= 11 is 2.82. The smallest absolute Gasteiger partial charge is 0.449 e. The molecule has 0 aromatic carbocycles. The van der Waals surface area contributed by atoms with Gasteiger partial charge in [-0.3, -0.25) is 9.69 Å². The lowest BCUT2D eigenvalue weighted by Crippen LogP contribution is -2.60. The van der Waals surface area contributed by atoms with Crippen molar-refractivity contribution in [1.82, 2.24) is 14.5 Å². The van der Waals surface area contributed by atoms with Crippen LogP contribution in [-0.4, -0.2) is 53.5 Å². The lowest BCUT2D eigenvalue weighted by molar-refractivity contribution is -0.155. The maximum absolute atomic E-state index is 12.2. The van der Waals surface area contributed by atoms with Crippen LogP contribution in [0.5, 0.6) is 0 Å². The van der Waals surface area contributed by atoms with Gasteiger partial charge in [0, 0.05) is 24.2 Å². The molecule has 10 heteroatoms. The van der Waals surface area contributed by atoms with Gasteiger partial charge in [0.1, 0.15) is 9.61 Å². The summed E-state index contributed by atoms with van der Waals surface area (Å²) in [7, 11) is 0. The van der Waals surface area contributed by atoms with Gasteiger partial charge < -0.3 is 19.5 Å². The third kappa shape index (κ3) is 3.13. The number of thioether (sulfide) groups is 2. The first-order chi connectivity index (χ1) is 11.4. The zero-order valence-electron chi connectivity index (χ0n) is 13.0. The number of hydrogen-bond acceptors (Lipinski definition) is 7. The lowest BCUT2D eigenvalue weighted by atomic mass is 9.93. The number of aliphatic hydroxyl groups is 1. The Morgan fingerprint density at radius 1 is 1.54 bits per heavy atom. The van der Waals surface area contributed by atoms with E-state index in [-0.39, 0.29) is 22.4 Å².